The average Bonchev–Trinajstić information content (AvgIpc) is 2.86. The van der Waals surface area contributed by atoms with Crippen molar-refractivity contribution in [1.82, 2.24) is 4.90 Å². The molecule has 1 atom stereocenters. The molecule has 108 valence electrons. The number of likely N-dealkylation sites (tertiary alicyclic amines) is 1. The largest absolute Gasteiger partial charge is 0.491 e. The Hall–Kier alpha value is -2.04. The summed E-state index contributed by atoms with van der Waals surface area (Å²) >= 11 is 0. The van der Waals surface area contributed by atoms with Crippen molar-refractivity contribution in [2.75, 3.05) is 6.54 Å². The van der Waals surface area contributed by atoms with Crippen molar-refractivity contribution in [3.8, 4) is 5.75 Å². The molecule has 1 fully saturated rings. The first-order chi connectivity index (χ1) is 9.49. The van der Waals surface area contributed by atoms with Gasteiger partial charge in [0.05, 0.1) is 6.10 Å². The van der Waals surface area contributed by atoms with Crippen molar-refractivity contribution in [2.45, 2.75) is 38.8 Å². The molecule has 1 aliphatic rings. The lowest BCUT2D eigenvalue weighted by molar-refractivity contribution is -0.141. The van der Waals surface area contributed by atoms with Gasteiger partial charge < -0.3 is 14.7 Å². The average molecular weight is 277 g/mol. The number of carboxylic acids is 1. The second kappa shape index (κ2) is 5.94. The van der Waals surface area contributed by atoms with Crippen LogP contribution in [0.4, 0.5) is 0 Å². The molecular formula is C15H19NO4. The molecule has 20 heavy (non-hydrogen) atoms. The van der Waals surface area contributed by atoms with Crippen molar-refractivity contribution < 1.29 is 19.4 Å². The Morgan fingerprint density at radius 1 is 1.40 bits per heavy atom. The van der Waals surface area contributed by atoms with Crippen LogP contribution in [-0.2, 0) is 4.79 Å². The van der Waals surface area contributed by atoms with E-state index in [1.54, 1.807) is 24.3 Å². The normalized spacial score (nSPS) is 18.4. The molecule has 0 spiro atoms. The highest BCUT2D eigenvalue weighted by atomic mass is 16.5. The maximum atomic E-state index is 12.4. The maximum Gasteiger partial charge on any atom is 0.326 e. The second-order valence-electron chi connectivity index (χ2n) is 5.19. The van der Waals surface area contributed by atoms with Gasteiger partial charge in [0, 0.05) is 12.1 Å². The van der Waals surface area contributed by atoms with Crippen LogP contribution in [0.5, 0.6) is 5.75 Å². The molecule has 1 amide bonds. The predicted octanol–water partition coefficient (Wildman–Crippen LogP) is 2.16. The van der Waals surface area contributed by atoms with Gasteiger partial charge in [0.1, 0.15) is 11.8 Å². The van der Waals surface area contributed by atoms with Gasteiger partial charge in [-0.25, -0.2) is 4.79 Å². The van der Waals surface area contributed by atoms with Crippen LogP contribution in [0.2, 0.25) is 0 Å². The molecule has 1 N–H and O–H groups in total. The zero-order valence-electron chi connectivity index (χ0n) is 11.7. The zero-order valence-corrected chi connectivity index (χ0v) is 11.7. The Bertz CT molecular complexity index is 512. The standard InChI is InChI=1S/C15H19NO4/c1-10(2)20-12-6-3-5-11(9-12)14(17)16-8-4-7-13(16)15(18)19/h3,5-6,9-10,13H,4,7-8H2,1-2H3,(H,18,19)/t13-/m1/s1. The van der Waals surface area contributed by atoms with Crippen LogP contribution >= 0.6 is 0 Å². The fraction of sp³-hybridized carbons (Fsp3) is 0.467. The van der Waals surface area contributed by atoms with Crippen molar-refractivity contribution in [1.29, 1.82) is 0 Å². The lowest BCUT2D eigenvalue weighted by atomic mass is 10.1. The Kier molecular flexibility index (Phi) is 4.27. The van der Waals surface area contributed by atoms with E-state index >= 15 is 0 Å². The first-order valence-electron chi connectivity index (χ1n) is 6.79. The summed E-state index contributed by atoms with van der Waals surface area (Å²) in [6, 6.07) is 6.18. The molecule has 5 nitrogen and oxygen atoms in total. The number of carbonyl (C=O) groups is 2. The number of hydrogen-bond donors (Lipinski definition) is 1. The van der Waals surface area contributed by atoms with Crippen LogP contribution in [-0.4, -0.2) is 40.6 Å². The number of benzene rings is 1. The Morgan fingerprint density at radius 3 is 2.80 bits per heavy atom. The van der Waals surface area contributed by atoms with E-state index < -0.39 is 12.0 Å². The molecule has 0 radical (unpaired) electrons. The highest BCUT2D eigenvalue weighted by Gasteiger charge is 2.34. The third-order valence-electron chi connectivity index (χ3n) is 3.25. The molecule has 5 heteroatoms. The van der Waals surface area contributed by atoms with Crippen LogP contribution in [0.1, 0.15) is 37.0 Å². The lowest BCUT2D eigenvalue weighted by Gasteiger charge is -2.21. The van der Waals surface area contributed by atoms with E-state index in [0.29, 0.717) is 24.3 Å². The molecule has 0 unspecified atom stereocenters. The first-order valence-corrected chi connectivity index (χ1v) is 6.79. The highest BCUT2D eigenvalue weighted by Crippen LogP contribution is 2.22. The number of ether oxygens (including phenoxy) is 1. The van der Waals surface area contributed by atoms with E-state index in [1.807, 2.05) is 13.8 Å². The van der Waals surface area contributed by atoms with Crippen LogP contribution in [0, 0.1) is 0 Å². The van der Waals surface area contributed by atoms with Gasteiger partial charge in [-0.3, -0.25) is 4.79 Å². The monoisotopic (exact) mass is 277 g/mol. The SMILES string of the molecule is CC(C)Oc1cccc(C(=O)N2CCC[C@@H]2C(=O)O)c1. The topological polar surface area (TPSA) is 66.8 Å². The Balaban J connectivity index is 2.18. The number of hydrogen-bond acceptors (Lipinski definition) is 3. The van der Waals surface area contributed by atoms with Gasteiger partial charge in [-0.2, -0.15) is 0 Å². The number of amides is 1. The van der Waals surface area contributed by atoms with Gasteiger partial charge in [-0.1, -0.05) is 6.07 Å². The zero-order chi connectivity index (χ0) is 14.7. The van der Waals surface area contributed by atoms with E-state index in [0.717, 1.165) is 6.42 Å². The smallest absolute Gasteiger partial charge is 0.326 e. The number of carbonyl (C=O) groups excluding carboxylic acids is 1. The van der Waals surface area contributed by atoms with Crippen molar-refractivity contribution >= 4 is 11.9 Å². The van der Waals surface area contributed by atoms with Gasteiger partial charge in [0.2, 0.25) is 0 Å². The van der Waals surface area contributed by atoms with Crippen molar-refractivity contribution in [2.24, 2.45) is 0 Å². The third kappa shape index (κ3) is 3.10. The number of carboxylic acid groups (broad SMARTS) is 1. The number of nitrogens with zero attached hydrogens (tertiary/aromatic N) is 1. The summed E-state index contributed by atoms with van der Waals surface area (Å²) in [5.41, 5.74) is 0.469. The van der Waals surface area contributed by atoms with Gasteiger partial charge in [0.15, 0.2) is 0 Å². The van der Waals surface area contributed by atoms with Gasteiger partial charge >= 0.3 is 5.97 Å². The Morgan fingerprint density at radius 2 is 2.15 bits per heavy atom. The van der Waals surface area contributed by atoms with Crippen molar-refractivity contribution in [3.05, 3.63) is 29.8 Å². The molecule has 1 aliphatic heterocycles. The molecule has 0 saturated carbocycles. The van der Waals surface area contributed by atoms with E-state index in [1.165, 1.54) is 4.90 Å². The van der Waals surface area contributed by atoms with Crippen molar-refractivity contribution in [3.63, 3.8) is 0 Å². The summed E-state index contributed by atoms with van der Waals surface area (Å²) in [5, 5.41) is 9.13. The number of rotatable bonds is 4. The van der Waals surface area contributed by atoms with Crippen LogP contribution in [0.15, 0.2) is 24.3 Å². The summed E-state index contributed by atoms with van der Waals surface area (Å²) in [6.45, 7) is 4.32. The quantitative estimate of drug-likeness (QED) is 0.915. The summed E-state index contributed by atoms with van der Waals surface area (Å²) in [6.07, 6.45) is 1.27. The van der Waals surface area contributed by atoms with E-state index in [4.69, 9.17) is 9.84 Å². The molecule has 0 aromatic heterocycles. The lowest BCUT2D eigenvalue weighted by Crippen LogP contribution is -2.40. The van der Waals surface area contributed by atoms with Crippen LogP contribution in [0.3, 0.4) is 0 Å². The molecular weight excluding hydrogens is 258 g/mol. The molecule has 1 heterocycles. The third-order valence-corrected chi connectivity index (χ3v) is 3.25. The molecule has 0 aliphatic carbocycles. The fourth-order valence-electron chi connectivity index (χ4n) is 2.41. The molecule has 1 saturated heterocycles. The summed E-state index contributed by atoms with van der Waals surface area (Å²) in [4.78, 5) is 25.0. The second-order valence-corrected chi connectivity index (χ2v) is 5.19. The van der Waals surface area contributed by atoms with E-state index in [9.17, 15) is 9.59 Å². The summed E-state index contributed by atoms with van der Waals surface area (Å²) in [5.74, 6) is -0.563. The number of aliphatic carboxylic acids is 1. The maximum absolute atomic E-state index is 12.4. The predicted molar refractivity (Wildman–Crippen MR) is 73.9 cm³/mol. The Labute approximate surface area is 118 Å². The molecule has 1 aromatic rings. The summed E-state index contributed by atoms with van der Waals surface area (Å²) in [7, 11) is 0. The van der Waals surface area contributed by atoms with Gasteiger partial charge in [-0.15, -0.1) is 0 Å². The van der Waals surface area contributed by atoms with E-state index in [2.05, 4.69) is 0 Å². The molecule has 2 rings (SSSR count). The fourth-order valence-corrected chi connectivity index (χ4v) is 2.41. The van der Waals surface area contributed by atoms with Crippen LogP contribution < -0.4 is 4.74 Å². The van der Waals surface area contributed by atoms with E-state index in [-0.39, 0.29) is 12.0 Å². The van der Waals surface area contributed by atoms with Gasteiger partial charge in [-0.05, 0) is 44.9 Å². The van der Waals surface area contributed by atoms with Crippen LogP contribution in [0.25, 0.3) is 0 Å². The minimum absolute atomic E-state index is 0.0268. The minimum atomic E-state index is -0.939. The van der Waals surface area contributed by atoms with Gasteiger partial charge in [0.25, 0.3) is 5.91 Å². The first kappa shape index (κ1) is 14.4. The minimum Gasteiger partial charge on any atom is -0.491 e. The molecule has 1 aromatic carbocycles. The highest BCUT2D eigenvalue weighted by molar-refractivity contribution is 5.97. The summed E-state index contributed by atoms with van der Waals surface area (Å²) < 4.78 is 5.55. The molecule has 0 bridgehead atoms.